The Morgan fingerprint density at radius 1 is 1.15 bits per heavy atom. The summed E-state index contributed by atoms with van der Waals surface area (Å²) in [4.78, 5) is 19.6. The lowest BCUT2D eigenvalue weighted by Gasteiger charge is -2.37. The summed E-state index contributed by atoms with van der Waals surface area (Å²) in [5, 5.41) is 3.09. The zero-order chi connectivity index (χ0) is 19.6. The van der Waals surface area contributed by atoms with Crippen LogP contribution in [0.2, 0.25) is 0 Å². The van der Waals surface area contributed by atoms with Crippen molar-refractivity contribution in [2.24, 2.45) is 4.99 Å². The Bertz CT molecular complexity index is 827. The molecule has 2 heterocycles. The second-order valence-electron chi connectivity index (χ2n) is 8.00. The smallest absolute Gasteiger partial charge is 0.254 e. The molecule has 5 heteroatoms. The minimum absolute atomic E-state index is 0.0463. The number of aromatic nitrogens is 1. The molecule has 1 N–H and O–H groups in total. The van der Waals surface area contributed by atoms with Crippen LogP contribution < -0.4 is 10.2 Å². The van der Waals surface area contributed by atoms with Gasteiger partial charge in [0.2, 0.25) is 0 Å². The fourth-order valence-corrected chi connectivity index (χ4v) is 3.41. The van der Waals surface area contributed by atoms with E-state index in [9.17, 15) is 4.79 Å². The molecular weight excluding hydrogens is 336 g/mol. The van der Waals surface area contributed by atoms with Crippen LogP contribution in [0.25, 0.3) is 0 Å². The molecule has 3 rings (SSSR count). The number of carbonyl (C=O) groups excluding carboxylic acids is 1. The predicted molar refractivity (Wildman–Crippen MR) is 112 cm³/mol. The second kappa shape index (κ2) is 7.59. The Morgan fingerprint density at radius 2 is 1.85 bits per heavy atom. The Kier molecular flexibility index (Phi) is 5.40. The number of amides is 1. The molecule has 0 bridgehead atoms. The maximum absolute atomic E-state index is 12.8. The molecule has 1 aromatic heterocycles. The van der Waals surface area contributed by atoms with Crippen molar-refractivity contribution in [3.8, 4) is 0 Å². The average molecular weight is 367 g/mol. The van der Waals surface area contributed by atoms with E-state index in [2.05, 4.69) is 66.7 Å². The molecule has 1 unspecified atom stereocenters. The number of anilines is 1. The van der Waals surface area contributed by atoms with Crippen LogP contribution >= 0.6 is 0 Å². The van der Waals surface area contributed by atoms with Gasteiger partial charge in [-0.25, -0.2) is 4.99 Å². The lowest BCUT2D eigenvalue weighted by atomic mass is 10.1. The number of rotatable bonds is 5. The van der Waals surface area contributed by atoms with Crippen LogP contribution in [0.1, 0.15) is 62.5 Å². The van der Waals surface area contributed by atoms with Gasteiger partial charge in [0.15, 0.2) is 6.29 Å². The molecule has 2 aromatic rings. The Labute approximate surface area is 162 Å². The number of fused-ring (bicyclic) bond motifs is 1. The number of benzene rings is 1. The molecule has 5 nitrogen and oxygen atoms in total. The summed E-state index contributed by atoms with van der Waals surface area (Å²) in [5.74, 6) is 1.02. The highest BCUT2D eigenvalue weighted by atomic mass is 16.2. The molecule has 27 heavy (non-hydrogen) atoms. The first-order chi connectivity index (χ1) is 12.8. The SMILES string of the molecule is CCCN1c2c(ccn2C(C)(C)C)C=NC1NC(=O)c1ccc(CC)cc1. The topological polar surface area (TPSA) is 49.6 Å². The van der Waals surface area contributed by atoms with Crippen LogP contribution in [-0.2, 0) is 12.0 Å². The lowest BCUT2D eigenvalue weighted by molar-refractivity contribution is 0.0937. The monoisotopic (exact) mass is 366 g/mol. The quantitative estimate of drug-likeness (QED) is 0.863. The molecular formula is C22H30N4O. The maximum Gasteiger partial charge on any atom is 0.254 e. The zero-order valence-electron chi connectivity index (χ0n) is 17.0. The van der Waals surface area contributed by atoms with Crippen LogP contribution in [0, 0.1) is 0 Å². The van der Waals surface area contributed by atoms with E-state index >= 15 is 0 Å². The van der Waals surface area contributed by atoms with Crippen molar-refractivity contribution < 1.29 is 4.79 Å². The van der Waals surface area contributed by atoms with Gasteiger partial charge in [0.25, 0.3) is 5.91 Å². The lowest BCUT2D eigenvalue weighted by Crippen LogP contribution is -2.50. The van der Waals surface area contributed by atoms with Crippen LogP contribution in [0.5, 0.6) is 0 Å². The molecule has 1 aliphatic rings. The summed E-state index contributed by atoms with van der Waals surface area (Å²) >= 11 is 0. The van der Waals surface area contributed by atoms with E-state index in [-0.39, 0.29) is 11.4 Å². The van der Waals surface area contributed by atoms with Crippen molar-refractivity contribution >= 4 is 17.9 Å². The van der Waals surface area contributed by atoms with Crippen molar-refractivity contribution in [1.29, 1.82) is 0 Å². The first-order valence-electron chi connectivity index (χ1n) is 9.76. The number of hydrogen-bond acceptors (Lipinski definition) is 3. The molecule has 0 saturated carbocycles. The molecule has 1 amide bonds. The third-order valence-corrected chi connectivity index (χ3v) is 4.88. The Morgan fingerprint density at radius 3 is 2.44 bits per heavy atom. The number of carbonyl (C=O) groups is 1. The minimum atomic E-state index is -0.396. The van der Waals surface area contributed by atoms with E-state index in [1.807, 2.05) is 30.5 Å². The van der Waals surface area contributed by atoms with Gasteiger partial charge in [0.05, 0.1) is 0 Å². The number of nitrogens with zero attached hydrogens (tertiary/aromatic N) is 3. The third kappa shape index (κ3) is 3.92. The van der Waals surface area contributed by atoms with Gasteiger partial charge < -0.3 is 14.8 Å². The summed E-state index contributed by atoms with van der Waals surface area (Å²) in [6.07, 6.45) is 5.52. The van der Waals surface area contributed by atoms with Crippen LogP contribution in [0.4, 0.5) is 5.82 Å². The zero-order valence-corrected chi connectivity index (χ0v) is 17.0. The molecule has 1 aliphatic heterocycles. The van der Waals surface area contributed by atoms with Crippen LogP contribution in [0.3, 0.4) is 0 Å². The molecule has 1 aromatic carbocycles. The second-order valence-corrected chi connectivity index (χ2v) is 8.00. The predicted octanol–water partition coefficient (Wildman–Crippen LogP) is 4.17. The minimum Gasteiger partial charge on any atom is -0.329 e. The Hall–Kier alpha value is -2.56. The highest BCUT2D eigenvalue weighted by Crippen LogP contribution is 2.32. The molecule has 0 saturated heterocycles. The number of hydrogen-bond donors (Lipinski definition) is 1. The van der Waals surface area contributed by atoms with Gasteiger partial charge in [-0.1, -0.05) is 26.0 Å². The summed E-state index contributed by atoms with van der Waals surface area (Å²) in [7, 11) is 0. The van der Waals surface area contributed by atoms with Gasteiger partial charge in [0, 0.05) is 35.6 Å². The normalized spacial score (nSPS) is 16.3. The highest BCUT2D eigenvalue weighted by molar-refractivity contribution is 5.95. The molecule has 0 fully saturated rings. The standard InChI is InChI=1S/C22H30N4O/c1-6-13-25-20-18(12-14-26(20)22(3,4)5)15-23-21(25)24-19(27)17-10-8-16(7-2)9-11-17/h8-12,14-15,21H,6-7,13H2,1-5H3,(H,24,27). The Balaban J connectivity index is 1.87. The van der Waals surface area contributed by atoms with Crippen LogP contribution in [-0.4, -0.2) is 29.5 Å². The van der Waals surface area contributed by atoms with E-state index < -0.39 is 6.29 Å². The van der Waals surface area contributed by atoms with Crippen molar-refractivity contribution in [2.75, 3.05) is 11.4 Å². The largest absolute Gasteiger partial charge is 0.329 e. The molecule has 0 aliphatic carbocycles. The molecule has 0 radical (unpaired) electrons. The van der Waals surface area contributed by atoms with Crippen LogP contribution in [0.15, 0.2) is 41.5 Å². The van der Waals surface area contributed by atoms with Gasteiger partial charge in [-0.2, -0.15) is 0 Å². The summed E-state index contributed by atoms with van der Waals surface area (Å²) in [5.41, 5.74) is 2.93. The van der Waals surface area contributed by atoms with Gasteiger partial charge in [-0.3, -0.25) is 4.79 Å². The van der Waals surface area contributed by atoms with Gasteiger partial charge in [-0.15, -0.1) is 0 Å². The number of aliphatic imine (C=N–C) groups is 1. The molecule has 0 spiro atoms. The first-order valence-corrected chi connectivity index (χ1v) is 9.76. The highest BCUT2D eigenvalue weighted by Gasteiger charge is 2.30. The number of aryl methyl sites for hydroxylation is 1. The van der Waals surface area contributed by atoms with Crippen molar-refractivity contribution in [1.82, 2.24) is 9.88 Å². The van der Waals surface area contributed by atoms with Crippen molar-refractivity contribution in [3.63, 3.8) is 0 Å². The molecule has 1 atom stereocenters. The van der Waals surface area contributed by atoms with Crippen molar-refractivity contribution in [3.05, 3.63) is 53.2 Å². The average Bonchev–Trinajstić information content (AvgIpc) is 3.08. The van der Waals surface area contributed by atoms with Crippen molar-refractivity contribution in [2.45, 2.75) is 59.3 Å². The van der Waals surface area contributed by atoms with Gasteiger partial charge >= 0.3 is 0 Å². The summed E-state index contributed by atoms with van der Waals surface area (Å²) < 4.78 is 2.26. The number of nitrogens with one attached hydrogen (secondary N) is 1. The van der Waals surface area contributed by atoms with E-state index in [0.29, 0.717) is 5.56 Å². The fourth-order valence-electron chi connectivity index (χ4n) is 3.41. The van der Waals surface area contributed by atoms with E-state index in [1.165, 1.54) is 5.56 Å². The van der Waals surface area contributed by atoms with E-state index in [4.69, 9.17) is 0 Å². The van der Waals surface area contributed by atoms with Gasteiger partial charge in [-0.05, 0) is 57.4 Å². The first kappa shape index (κ1) is 19.2. The summed E-state index contributed by atoms with van der Waals surface area (Å²) in [6.45, 7) is 11.6. The third-order valence-electron chi connectivity index (χ3n) is 4.88. The van der Waals surface area contributed by atoms with E-state index in [1.54, 1.807) is 0 Å². The van der Waals surface area contributed by atoms with E-state index in [0.717, 1.165) is 30.8 Å². The fraction of sp³-hybridized carbons (Fsp3) is 0.455. The maximum atomic E-state index is 12.8. The van der Waals surface area contributed by atoms with Gasteiger partial charge in [0.1, 0.15) is 5.82 Å². The molecule has 144 valence electrons. The summed E-state index contributed by atoms with van der Waals surface area (Å²) in [6, 6.07) is 9.87.